The van der Waals surface area contributed by atoms with Crippen molar-refractivity contribution in [2.75, 3.05) is 20.3 Å². The molecular weight excluding hydrogens is 405 g/mol. The average Bonchev–Trinajstić information content (AvgIpc) is 3.36. The van der Waals surface area contributed by atoms with Gasteiger partial charge in [-0.15, -0.1) is 11.3 Å². The smallest absolute Gasteiger partial charge is 0.375 e. The van der Waals surface area contributed by atoms with Crippen LogP contribution in [0.5, 0.6) is 0 Å². The van der Waals surface area contributed by atoms with Crippen molar-refractivity contribution in [2.45, 2.75) is 31.5 Å². The second-order valence-electron chi connectivity index (χ2n) is 6.87. The number of hydrogen-bond acceptors (Lipinski definition) is 5. The number of nitrogens with zero attached hydrogens (tertiary/aromatic N) is 4. The highest BCUT2D eigenvalue weighted by atomic mass is 32.1. The van der Waals surface area contributed by atoms with E-state index in [0.29, 0.717) is 23.5 Å². The second-order valence-corrected chi connectivity index (χ2v) is 7.82. The maximum Gasteiger partial charge on any atom is 0.433 e. The van der Waals surface area contributed by atoms with Crippen LogP contribution < -0.4 is 0 Å². The van der Waals surface area contributed by atoms with Crippen molar-refractivity contribution in [1.82, 2.24) is 19.5 Å². The van der Waals surface area contributed by atoms with E-state index in [1.54, 1.807) is 28.5 Å². The third kappa shape index (κ3) is 3.86. The SMILES string of the molecule is COCC(=O)N1CCCC[C@H]1c1cc2nc(-c3cccs3)cc(C(F)(F)F)n2n1. The number of fused-ring (bicyclic) bond motifs is 1. The van der Waals surface area contributed by atoms with Crippen LogP contribution >= 0.6 is 11.3 Å². The Morgan fingerprint density at radius 3 is 2.86 bits per heavy atom. The molecule has 3 aromatic heterocycles. The number of thiophene rings is 1. The van der Waals surface area contributed by atoms with Crippen LogP contribution in [-0.4, -0.2) is 45.7 Å². The van der Waals surface area contributed by atoms with Gasteiger partial charge in [0.25, 0.3) is 0 Å². The lowest BCUT2D eigenvalue weighted by Crippen LogP contribution is -2.40. The molecule has 10 heteroatoms. The molecule has 0 spiro atoms. The molecule has 1 fully saturated rings. The molecule has 0 unspecified atom stereocenters. The zero-order valence-corrected chi connectivity index (χ0v) is 16.5. The first-order valence-corrected chi connectivity index (χ1v) is 10.1. The molecule has 4 rings (SSSR count). The van der Waals surface area contributed by atoms with Crippen LogP contribution in [0, 0.1) is 0 Å². The first-order chi connectivity index (χ1) is 13.9. The van der Waals surface area contributed by atoms with Crippen molar-refractivity contribution < 1.29 is 22.7 Å². The Balaban J connectivity index is 1.81. The van der Waals surface area contributed by atoms with Crippen LogP contribution in [-0.2, 0) is 15.7 Å². The van der Waals surface area contributed by atoms with E-state index in [1.165, 1.54) is 18.4 Å². The normalized spacial score (nSPS) is 17.8. The first kappa shape index (κ1) is 19.8. The van der Waals surface area contributed by atoms with E-state index >= 15 is 0 Å². The van der Waals surface area contributed by atoms with Gasteiger partial charge >= 0.3 is 6.18 Å². The molecule has 1 aliphatic rings. The Hall–Kier alpha value is -2.46. The summed E-state index contributed by atoms with van der Waals surface area (Å²) in [7, 11) is 1.44. The largest absolute Gasteiger partial charge is 0.433 e. The Kier molecular flexibility index (Phi) is 5.30. The Morgan fingerprint density at radius 2 is 2.17 bits per heavy atom. The van der Waals surface area contributed by atoms with Gasteiger partial charge in [-0.05, 0) is 36.8 Å². The number of amides is 1. The monoisotopic (exact) mass is 424 g/mol. The van der Waals surface area contributed by atoms with Crippen LogP contribution in [0.3, 0.4) is 0 Å². The Labute approximate surface area is 168 Å². The highest BCUT2D eigenvalue weighted by molar-refractivity contribution is 7.13. The highest BCUT2D eigenvalue weighted by Crippen LogP contribution is 2.36. The number of ether oxygens (including phenoxy) is 1. The minimum Gasteiger partial charge on any atom is -0.375 e. The van der Waals surface area contributed by atoms with Gasteiger partial charge in [-0.2, -0.15) is 18.3 Å². The van der Waals surface area contributed by atoms with E-state index in [1.807, 2.05) is 0 Å². The minimum absolute atomic E-state index is 0.0710. The van der Waals surface area contributed by atoms with Crippen molar-refractivity contribution in [1.29, 1.82) is 0 Å². The van der Waals surface area contributed by atoms with E-state index in [9.17, 15) is 18.0 Å². The molecule has 0 saturated carbocycles. The number of alkyl halides is 3. The molecule has 4 heterocycles. The Morgan fingerprint density at radius 1 is 1.34 bits per heavy atom. The molecule has 154 valence electrons. The maximum absolute atomic E-state index is 13.7. The first-order valence-electron chi connectivity index (χ1n) is 9.18. The number of halogens is 3. The number of piperidine rings is 1. The van der Waals surface area contributed by atoms with Crippen LogP contribution in [0.25, 0.3) is 16.2 Å². The molecular formula is C19H19F3N4O2S. The fourth-order valence-corrected chi connectivity index (χ4v) is 4.34. The predicted octanol–water partition coefficient (Wildman–Crippen LogP) is 4.18. The van der Waals surface area contributed by atoms with Gasteiger partial charge < -0.3 is 9.64 Å². The molecule has 0 aliphatic carbocycles. The van der Waals surface area contributed by atoms with Crippen molar-refractivity contribution in [3.8, 4) is 10.6 Å². The molecule has 0 aromatic carbocycles. The average molecular weight is 424 g/mol. The van der Waals surface area contributed by atoms with Crippen LogP contribution in [0.15, 0.2) is 29.6 Å². The third-order valence-electron chi connectivity index (χ3n) is 4.94. The molecule has 29 heavy (non-hydrogen) atoms. The predicted molar refractivity (Wildman–Crippen MR) is 101 cm³/mol. The second kappa shape index (κ2) is 7.75. The number of carbonyl (C=O) groups excluding carboxylic acids is 1. The summed E-state index contributed by atoms with van der Waals surface area (Å²) >= 11 is 1.32. The van der Waals surface area contributed by atoms with E-state index in [4.69, 9.17) is 4.74 Å². The van der Waals surface area contributed by atoms with Gasteiger partial charge in [0.2, 0.25) is 5.91 Å². The summed E-state index contributed by atoms with van der Waals surface area (Å²) in [6.07, 6.45) is -2.24. The lowest BCUT2D eigenvalue weighted by molar-refractivity contribution is -0.143. The summed E-state index contributed by atoms with van der Waals surface area (Å²) in [4.78, 5) is 19.1. The fourth-order valence-electron chi connectivity index (χ4n) is 3.65. The topological polar surface area (TPSA) is 59.7 Å². The number of methoxy groups -OCH3 is 1. The van der Waals surface area contributed by atoms with Gasteiger partial charge in [0, 0.05) is 19.7 Å². The van der Waals surface area contributed by atoms with E-state index in [-0.39, 0.29) is 29.9 Å². The van der Waals surface area contributed by atoms with E-state index in [0.717, 1.165) is 23.4 Å². The number of likely N-dealkylation sites (tertiary alicyclic amines) is 1. The lowest BCUT2D eigenvalue weighted by Gasteiger charge is -2.34. The molecule has 6 nitrogen and oxygen atoms in total. The van der Waals surface area contributed by atoms with E-state index < -0.39 is 11.9 Å². The summed E-state index contributed by atoms with van der Waals surface area (Å²) in [5.41, 5.74) is -0.108. The van der Waals surface area contributed by atoms with Crippen LogP contribution in [0.2, 0.25) is 0 Å². The summed E-state index contributed by atoms with van der Waals surface area (Å²) in [6, 6.07) is 5.68. The van der Waals surface area contributed by atoms with Crippen molar-refractivity contribution >= 4 is 22.9 Å². The fraction of sp³-hybridized carbons (Fsp3) is 0.421. The zero-order chi connectivity index (χ0) is 20.6. The minimum atomic E-state index is -4.59. The van der Waals surface area contributed by atoms with Gasteiger partial charge in [-0.25, -0.2) is 9.50 Å². The maximum atomic E-state index is 13.7. The summed E-state index contributed by atoms with van der Waals surface area (Å²) < 4.78 is 47.0. The molecule has 1 amide bonds. The third-order valence-corrected chi connectivity index (χ3v) is 5.83. The summed E-state index contributed by atoms with van der Waals surface area (Å²) in [5, 5.41) is 6.01. The number of rotatable bonds is 4. The van der Waals surface area contributed by atoms with Gasteiger partial charge in [0.05, 0.1) is 22.3 Å². The van der Waals surface area contributed by atoms with Crippen molar-refractivity contribution in [3.63, 3.8) is 0 Å². The van der Waals surface area contributed by atoms with Crippen molar-refractivity contribution in [2.24, 2.45) is 0 Å². The molecule has 1 aliphatic heterocycles. The van der Waals surface area contributed by atoms with Gasteiger partial charge in [-0.3, -0.25) is 4.79 Å². The molecule has 0 radical (unpaired) electrons. The number of carbonyl (C=O) groups is 1. The molecule has 0 N–H and O–H groups in total. The molecule has 0 bridgehead atoms. The lowest BCUT2D eigenvalue weighted by atomic mass is 9.99. The standard InChI is InChI=1S/C19H19F3N4O2S/c1-28-11-18(27)25-7-3-2-5-14(25)12-10-17-23-13(15-6-4-8-29-15)9-16(19(20,21)22)26(17)24-12/h4,6,8-10,14H,2-3,5,7,11H2,1H3/t14-/m0/s1. The summed E-state index contributed by atoms with van der Waals surface area (Å²) in [6.45, 7) is 0.458. The number of hydrogen-bond donors (Lipinski definition) is 0. The number of aromatic nitrogens is 3. The van der Waals surface area contributed by atoms with Gasteiger partial charge in [0.1, 0.15) is 6.61 Å². The Bertz CT molecular complexity index is 1020. The zero-order valence-electron chi connectivity index (χ0n) is 15.6. The van der Waals surface area contributed by atoms with Crippen LogP contribution in [0.1, 0.15) is 36.7 Å². The highest BCUT2D eigenvalue weighted by Gasteiger charge is 2.37. The summed E-state index contributed by atoms with van der Waals surface area (Å²) in [5.74, 6) is -0.197. The molecule has 1 saturated heterocycles. The molecule has 1 atom stereocenters. The van der Waals surface area contributed by atoms with Crippen LogP contribution in [0.4, 0.5) is 13.2 Å². The quantitative estimate of drug-likeness (QED) is 0.631. The van der Waals surface area contributed by atoms with Gasteiger partial charge in [0.15, 0.2) is 11.3 Å². The molecule has 3 aromatic rings. The van der Waals surface area contributed by atoms with Gasteiger partial charge in [-0.1, -0.05) is 6.07 Å². The van der Waals surface area contributed by atoms with E-state index in [2.05, 4.69) is 10.1 Å². The van der Waals surface area contributed by atoms with Crippen molar-refractivity contribution in [3.05, 3.63) is 41.0 Å².